The van der Waals surface area contributed by atoms with Crippen LogP contribution in [-0.4, -0.2) is 55.6 Å². The van der Waals surface area contributed by atoms with Crippen molar-refractivity contribution in [1.82, 2.24) is 15.1 Å². The van der Waals surface area contributed by atoms with E-state index in [2.05, 4.69) is 66.5 Å². The van der Waals surface area contributed by atoms with Gasteiger partial charge in [0.2, 0.25) is 0 Å². The molecule has 0 aromatic heterocycles. The van der Waals surface area contributed by atoms with Crippen LogP contribution in [0.25, 0.3) is 0 Å². The highest BCUT2D eigenvalue weighted by Gasteiger charge is 2.23. The summed E-state index contributed by atoms with van der Waals surface area (Å²) in [5.41, 5.74) is 1.42. The van der Waals surface area contributed by atoms with Gasteiger partial charge in [-0.2, -0.15) is 0 Å². The lowest BCUT2D eigenvalue weighted by molar-refractivity contribution is 0.308. The molecule has 1 aromatic carbocycles. The highest BCUT2D eigenvalue weighted by molar-refractivity contribution is 5.14. The predicted octanol–water partition coefficient (Wildman–Crippen LogP) is 2.19. The molecule has 1 N–H and O–H groups in total. The zero-order chi connectivity index (χ0) is 14.4. The molecule has 1 aromatic rings. The quantitative estimate of drug-likeness (QED) is 0.823. The van der Waals surface area contributed by atoms with E-state index in [1.807, 2.05) is 0 Å². The Balaban J connectivity index is 1.70. The van der Waals surface area contributed by atoms with E-state index in [1.165, 1.54) is 31.5 Å². The van der Waals surface area contributed by atoms with Crippen molar-refractivity contribution >= 4 is 0 Å². The molecule has 1 saturated heterocycles. The molecule has 0 bridgehead atoms. The van der Waals surface area contributed by atoms with E-state index in [4.69, 9.17) is 0 Å². The normalized spacial score (nSPS) is 21.5. The number of benzene rings is 1. The topological polar surface area (TPSA) is 18.5 Å². The fourth-order valence-corrected chi connectivity index (χ4v) is 2.89. The molecule has 2 unspecified atom stereocenters. The number of likely N-dealkylation sites (tertiary alicyclic amines) is 1. The summed E-state index contributed by atoms with van der Waals surface area (Å²) in [6.07, 6.45) is 2.50. The highest BCUT2D eigenvalue weighted by atomic mass is 15.2. The van der Waals surface area contributed by atoms with Crippen molar-refractivity contribution in [1.29, 1.82) is 0 Å². The van der Waals surface area contributed by atoms with Gasteiger partial charge >= 0.3 is 0 Å². The highest BCUT2D eigenvalue weighted by Crippen LogP contribution is 2.14. The zero-order valence-electron chi connectivity index (χ0n) is 13.2. The minimum Gasteiger partial charge on any atom is -0.310 e. The van der Waals surface area contributed by atoms with Gasteiger partial charge in [0.15, 0.2) is 0 Å². The Bertz CT molecular complexity index is 377. The van der Waals surface area contributed by atoms with Crippen LogP contribution in [0.15, 0.2) is 30.3 Å². The van der Waals surface area contributed by atoms with Crippen molar-refractivity contribution < 1.29 is 0 Å². The number of hydrogen-bond acceptors (Lipinski definition) is 3. The molecule has 0 saturated carbocycles. The van der Waals surface area contributed by atoms with Crippen molar-refractivity contribution in [3.8, 4) is 0 Å². The third-order valence-corrected chi connectivity index (χ3v) is 4.05. The van der Waals surface area contributed by atoms with Crippen LogP contribution in [-0.2, 0) is 6.54 Å². The van der Waals surface area contributed by atoms with Gasteiger partial charge in [-0.05, 0) is 46.0 Å². The minimum absolute atomic E-state index is 0.610. The molecule has 0 aliphatic carbocycles. The van der Waals surface area contributed by atoms with Gasteiger partial charge in [0.25, 0.3) is 0 Å². The number of nitrogens with one attached hydrogen (secondary N) is 1. The number of nitrogens with zero attached hydrogens (tertiary/aromatic N) is 2. The van der Waals surface area contributed by atoms with Crippen LogP contribution in [0.3, 0.4) is 0 Å². The maximum absolute atomic E-state index is 3.78. The van der Waals surface area contributed by atoms with Crippen LogP contribution in [0, 0.1) is 0 Å². The molecule has 3 heteroatoms. The van der Waals surface area contributed by atoms with Crippen LogP contribution in [0.2, 0.25) is 0 Å². The summed E-state index contributed by atoms with van der Waals surface area (Å²) in [5.74, 6) is 0. The molecule has 1 heterocycles. The summed E-state index contributed by atoms with van der Waals surface area (Å²) in [6, 6.07) is 12.1. The average molecular weight is 275 g/mol. The van der Waals surface area contributed by atoms with Gasteiger partial charge in [-0.1, -0.05) is 30.3 Å². The maximum atomic E-state index is 3.78. The van der Waals surface area contributed by atoms with E-state index in [-0.39, 0.29) is 0 Å². The first-order valence-electron chi connectivity index (χ1n) is 7.80. The summed E-state index contributed by atoms with van der Waals surface area (Å²) >= 11 is 0. The SMILES string of the molecule is CC(CCN(C)C)NC1CCN(Cc2ccccc2)C1. The lowest BCUT2D eigenvalue weighted by Crippen LogP contribution is -2.39. The molecule has 0 amide bonds. The molecule has 2 atom stereocenters. The lowest BCUT2D eigenvalue weighted by atomic mass is 10.2. The Morgan fingerprint density at radius 2 is 2.05 bits per heavy atom. The van der Waals surface area contributed by atoms with Gasteiger partial charge in [0.05, 0.1) is 0 Å². The first kappa shape index (κ1) is 15.5. The summed E-state index contributed by atoms with van der Waals surface area (Å²) in [7, 11) is 4.29. The zero-order valence-corrected chi connectivity index (χ0v) is 13.2. The molecule has 3 nitrogen and oxygen atoms in total. The number of hydrogen-bond donors (Lipinski definition) is 1. The Labute approximate surface area is 124 Å². The second-order valence-corrected chi connectivity index (χ2v) is 6.37. The van der Waals surface area contributed by atoms with Crippen LogP contribution in [0.5, 0.6) is 0 Å². The largest absolute Gasteiger partial charge is 0.310 e. The van der Waals surface area contributed by atoms with E-state index < -0.39 is 0 Å². The van der Waals surface area contributed by atoms with E-state index >= 15 is 0 Å². The Morgan fingerprint density at radius 3 is 2.75 bits per heavy atom. The molecular formula is C17H29N3. The fraction of sp³-hybridized carbons (Fsp3) is 0.647. The first-order valence-corrected chi connectivity index (χ1v) is 7.80. The molecule has 1 aliphatic rings. The molecule has 1 aliphatic heterocycles. The molecule has 0 radical (unpaired) electrons. The summed E-state index contributed by atoms with van der Waals surface area (Å²) in [5, 5.41) is 3.78. The van der Waals surface area contributed by atoms with Gasteiger partial charge in [0, 0.05) is 31.7 Å². The standard InChI is InChI=1S/C17H29N3/c1-15(9-11-19(2)3)18-17-10-12-20(14-17)13-16-7-5-4-6-8-16/h4-8,15,17-18H,9-14H2,1-3H3. The van der Waals surface area contributed by atoms with Crippen molar-refractivity contribution in [2.45, 2.75) is 38.4 Å². The van der Waals surface area contributed by atoms with Crippen LogP contribution < -0.4 is 5.32 Å². The van der Waals surface area contributed by atoms with Crippen molar-refractivity contribution in [3.05, 3.63) is 35.9 Å². The fourth-order valence-electron chi connectivity index (χ4n) is 2.89. The van der Waals surface area contributed by atoms with Gasteiger partial charge in [-0.3, -0.25) is 4.90 Å². The van der Waals surface area contributed by atoms with Gasteiger partial charge < -0.3 is 10.2 Å². The van der Waals surface area contributed by atoms with Crippen LogP contribution >= 0.6 is 0 Å². The second kappa shape index (κ2) is 7.77. The van der Waals surface area contributed by atoms with Gasteiger partial charge in [0.1, 0.15) is 0 Å². The van der Waals surface area contributed by atoms with Crippen LogP contribution in [0.4, 0.5) is 0 Å². The Kier molecular flexibility index (Phi) is 6.02. The van der Waals surface area contributed by atoms with E-state index in [0.29, 0.717) is 12.1 Å². The van der Waals surface area contributed by atoms with Crippen LogP contribution in [0.1, 0.15) is 25.3 Å². The molecular weight excluding hydrogens is 246 g/mol. The maximum Gasteiger partial charge on any atom is 0.0234 e. The molecule has 112 valence electrons. The molecule has 2 rings (SSSR count). The smallest absolute Gasteiger partial charge is 0.0234 e. The summed E-state index contributed by atoms with van der Waals surface area (Å²) in [6.45, 7) is 6.96. The lowest BCUT2D eigenvalue weighted by Gasteiger charge is -2.22. The molecule has 0 spiro atoms. The minimum atomic E-state index is 0.610. The van der Waals surface area contributed by atoms with E-state index in [1.54, 1.807) is 0 Å². The monoisotopic (exact) mass is 275 g/mol. The third-order valence-electron chi connectivity index (χ3n) is 4.05. The average Bonchev–Trinajstić information content (AvgIpc) is 2.85. The van der Waals surface area contributed by atoms with E-state index in [0.717, 1.165) is 13.1 Å². The predicted molar refractivity (Wildman–Crippen MR) is 85.9 cm³/mol. The number of rotatable bonds is 7. The van der Waals surface area contributed by atoms with Crippen molar-refractivity contribution in [2.24, 2.45) is 0 Å². The summed E-state index contributed by atoms with van der Waals surface area (Å²) in [4.78, 5) is 4.82. The molecule has 1 fully saturated rings. The van der Waals surface area contributed by atoms with E-state index in [9.17, 15) is 0 Å². The Morgan fingerprint density at radius 1 is 1.30 bits per heavy atom. The Hall–Kier alpha value is -0.900. The van der Waals surface area contributed by atoms with Gasteiger partial charge in [-0.25, -0.2) is 0 Å². The summed E-state index contributed by atoms with van der Waals surface area (Å²) < 4.78 is 0. The van der Waals surface area contributed by atoms with Gasteiger partial charge in [-0.15, -0.1) is 0 Å². The third kappa shape index (κ3) is 5.23. The van der Waals surface area contributed by atoms with Crippen molar-refractivity contribution in [3.63, 3.8) is 0 Å². The second-order valence-electron chi connectivity index (χ2n) is 6.37. The van der Waals surface area contributed by atoms with Crippen molar-refractivity contribution in [2.75, 3.05) is 33.7 Å². The first-order chi connectivity index (χ1) is 9.63. The molecule has 20 heavy (non-hydrogen) atoms.